The monoisotopic (exact) mass is 546 g/mol. The second kappa shape index (κ2) is 10.9. The zero-order valence-corrected chi connectivity index (χ0v) is 23.7. The Hall–Kier alpha value is -2.86. The van der Waals surface area contributed by atoms with E-state index in [0.29, 0.717) is 15.9 Å². The molecule has 3 N–H and O–H groups in total. The van der Waals surface area contributed by atoms with Gasteiger partial charge in [-0.3, -0.25) is 14.4 Å². The normalized spacial score (nSPS) is 26.8. The first kappa shape index (κ1) is 27.2. The predicted molar refractivity (Wildman–Crippen MR) is 143 cm³/mol. The van der Waals surface area contributed by atoms with Gasteiger partial charge in [-0.2, -0.15) is 0 Å². The Kier molecular flexibility index (Phi) is 7.98. The quantitative estimate of drug-likeness (QED) is 0.539. The van der Waals surface area contributed by atoms with Gasteiger partial charge in [0.25, 0.3) is 11.8 Å². The van der Waals surface area contributed by atoms with E-state index in [1.807, 2.05) is 41.5 Å². The fourth-order valence-corrected chi connectivity index (χ4v) is 6.27. The van der Waals surface area contributed by atoms with Gasteiger partial charge in [-0.1, -0.05) is 41.5 Å². The number of hydrogen-bond donors (Lipinski definition) is 3. The number of ether oxygens (including phenoxy) is 1. The number of fused-ring (bicyclic) bond motifs is 5. The molecule has 4 rings (SSSR count). The van der Waals surface area contributed by atoms with Gasteiger partial charge in [-0.05, 0) is 24.7 Å². The van der Waals surface area contributed by atoms with Crippen molar-refractivity contribution in [3.63, 3.8) is 0 Å². The third-order valence-electron chi connectivity index (χ3n) is 6.46. The first-order valence-corrected chi connectivity index (χ1v) is 14.3. The lowest BCUT2D eigenvalue weighted by atomic mass is 10.0. The number of rotatable bonds is 3. The number of carbonyl (C=O) groups excluding carboxylic acids is 3. The van der Waals surface area contributed by atoms with Crippen LogP contribution in [-0.2, 0) is 9.53 Å². The topological polar surface area (TPSA) is 135 Å². The van der Waals surface area contributed by atoms with E-state index < -0.39 is 30.3 Å². The van der Waals surface area contributed by atoms with Crippen molar-refractivity contribution in [1.29, 1.82) is 0 Å². The van der Waals surface area contributed by atoms with Crippen LogP contribution >= 0.6 is 22.7 Å². The third kappa shape index (κ3) is 5.69. The van der Waals surface area contributed by atoms with Gasteiger partial charge < -0.3 is 20.7 Å². The standard InChI is InChI=1S/C25H34N6O4S2/c1-10(2)16-23-31-19(13(7)35-23)22(34)30-18(12(5)6)25-27-15(9-37-25)21(33)29-17(11(3)4)24-26-14(8-36-24)20(32)28-16/h8-13,16-19H,1-7H3,(H,28,32)(H,29,33)(H,30,34)/t13-,16+,17-,18-,19+/m1/s1. The van der Waals surface area contributed by atoms with Crippen molar-refractivity contribution in [3.05, 3.63) is 32.2 Å². The molecular formula is C25H34N6O4S2. The summed E-state index contributed by atoms with van der Waals surface area (Å²) in [6, 6.07) is -2.09. The number of nitrogens with one attached hydrogen (secondary N) is 3. The summed E-state index contributed by atoms with van der Waals surface area (Å²) in [7, 11) is 0. The highest BCUT2D eigenvalue weighted by molar-refractivity contribution is 7.10. The minimum absolute atomic E-state index is 0.0255. The van der Waals surface area contributed by atoms with Crippen LogP contribution in [0.25, 0.3) is 0 Å². The fraction of sp³-hybridized carbons (Fsp3) is 0.600. The molecule has 10 nitrogen and oxygen atoms in total. The Balaban J connectivity index is 1.77. The molecule has 2 aromatic heterocycles. The molecule has 12 heteroatoms. The Bertz CT molecular complexity index is 1200. The van der Waals surface area contributed by atoms with Crippen molar-refractivity contribution in [3.8, 4) is 0 Å². The highest BCUT2D eigenvalue weighted by Crippen LogP contribution is 2.29. The van der Waals surface area contributed by atoms with Crippen LogP contribution in [0.15, 0.2) is 15.8 Å². The summed E-state index contributed by atoms with van der Waals surface area (Å²) in [5.74, 6) is -0.645. The Labute approximate surface area is 224 Å². The average Bonchev–Trinajstić information content (AvgIpc) is 3.57. The van der Waals surface area contributed by atoms with Gasteiger partial charge in [0, 0.05) is 10.8 Å². The van der Waals surface area contributed by atoms with E-state index in [-0.39, 0.29) is 46.9 Å². The van der Waals surface area contributed by atoms with Gasteiger partial charge in [0.05, 0.1) is 12.1 Å². The summed E-state index contributed by atoms with van der Waals surface area (Å²) in [5, 5.41) is 13.7. The van der Waals surface area contributed by atoms with E-state index in [2.05, 4.69) is 30.9 Å². The van der Waals surface area contributed by atoms with Crippen molar-refractivity contribution in [1.82, 2.24) is 25.9 Å². The molecule has 0 fully saturated rings. The van der Waals surface area contributed by atoms with Gasteiger partial charge >= 0.3 is 0 Å². The van der Waals surface area contributed by atoms with Crippen LogP contribution in [-0.4, -0.2) is 51.8 Å². The molecule has 37 heavy (non-hydrogen) atoms. The average molecular weight is 547 g/mol. The first-order chi connectivity index (χ1) is 17.5. The highest BCUT2D eigenvalue weighted by atomic mass is 32.1. The van der Waals surface area contributed by atoms with Crippen molar-refractivity contribution in [2.45, 2.75) is 78.7 Å². The lowest BCUT2D eigenvalue weighted by Gasteiger charge is -2.23. The summed E-state index contributed by atoms with van der Waals surface area (Å²) in [4.78, 5) is 53.3. The summed E-state index contributed by atoms with van der Waals surface area (Å²) in [6.45, 7) is 13.6. The van der Waals surface area contributed by atoms with Crippen LogP contribution in [0.1, 0.15) is 91.5 Å². The number of aromatic nitrogens is 2. The Morgan fingerprint density at radius 3 is 1.70 bits per heavy atom. The third-order valence-corrected chi connectivity index (χ3v) is 8.32. The molecule has 0 radical (unpaired) electrons. The van der Waals surface area contributed by atoms with Crippen LogP contribution in [0.5, 0.6) is 0 Å². The van der Waals surface area contributed by atoms with E-state index in [0.717, 1.165) is 0 Å². The summed E-state index contributed by atoms with van der Waals surface area (Å²) < 4.78 is 6.00. The maximum Gasteiger partial charge on any atom is 0.271 e. The predicted octanol–water partition coefficient (Wildman–Crippen LogP) is 3.49. The Morgan fingerprint density at radius 1 is 0.757 bits per heavy atom. The minimum atomic E-state index is -0.770. The second-order valence-electron chi connectivity index (χ2n) is 10.5. The van der Waals surface area contributed by atoms with E-state index >= 15 is 0 Å². The molecular weight excluding hydrogens is 512 g/mol. The summed E-state index contributed by atoms with van der Waals surface area (Å²) in [5.41, 5.74) is 0.530. The van der Waals surface area contributed by atoms with Gasteiger partial charge in [0.1, 0.15) is 33.5 Å². The molecule has 2 aliphatic heterocycles. The molecule has 0 saturated carbocycles. The van der Waals surface area contributed by atoms with Gasteiger partial charge in [0.2, 0.25) is 11.8 Å². The van der Waals surface area contributed by atoms with Crippen molar-refractivity contribution < 1.29 is 19.1 Å². The molecule has 3 amide bonds. The number of amides is 3. The van der Waals surface area contributed by atoms with Crippen LogP contribution in [0.2, 0.25) is 0 Å². The van der Waals surface area contributed by atoms with Gasteiger partial charge in [-0.25, -0.2) is 15.0 Å². The van der Waals surface area contributed by atoms with E-state index in [9.17, 15) is 14.4 Å². The van der Waals surface area contributed by atoms with Crippen LogP contribution in [0.3, 0.4) is 0 Å². The number of thiazole rings is 2. The highest BCUT2D eigenvalue weighted by Gasteiger charge is 2.39. The van der Waals surface area contributed by atoms with E-state index in [1.54, 1.807) is 17.7 Å². The molecule has 2 aromatic rings. The SMILES string of the molecule is CC(C)[C@@H]1NC(=O)c2csc(n2)[C@@H](C(C)C)NC(=O)c2csc(n2)[C@@H](C(C)C)NC(=O)[C@H]2N=C1O[C@@H]2C. The number of aliphatic imine (C=N–C) groups is 1. The van der Waals surface area contributed by atoms with E-state index in [4.69, 9.17) is 4.74 Å². The molecule has 5 atom stereocenters. The van der Waals surface area contributed by atoms with Crippen LogP contribution in [0.4, 0.5) is 0 Å². The molecule has 0 unspecified atom stereocenters. The zero-order valence-electron chi connectivity index (χ0n) is 22.1. The molecule has 0 saturated heterocycles. The molecule has 0 aromatic carbocycles. The second-order valence-corrected chi connectivity index (χ2v) is 12.3. The van der Waals surface area contributed by atoms with Crippen molar-refractivity contribution in [2.75, 3.05) is 0 Å². The van der Waals surface area contributed by atoms with Crippen LogP contribution < -0.4 is 16.0 Å². The lowest BCUT2D eigenvalue weighted by Crippen LogP contribution is -2.45. The van der Waals surface area contributed by atoms with Crippen molar-refractivity contribution >= 4 is 46.3 Å². The van der Waals surface area contributed by atoms with Crippen LogP contribution in [0, 0.1) is 17.8 Å². The summed E-state index contributed by atoms with van der Waals surface area (Å²) in [6.07, 6.45) is -0.502. The maximum absolute atomic E-state index is 13.3. The lowest BCUT2D eigenvalue weighted by molar-refractivity contribution is -0.124. The van der Waals surface area contributed by atoms with Gasteiger partial charge in [-0.15, -0.1) is 22.7 Å². The largest absolute Gasteiger partial charge is 0.474 e. The number of nitrogens with zero attached hydrogens (tertiary/aromatic N) is 3. The smallest absolute Gasteiger partial charge is 0.271 e. The van der Waals surface area contributed by atoms with Crippen molar-refractivity contribution in [2.24, 2.45) is 22.7 Å². The molecule has 0 spiro atoms. The van der Waals surface area contributed by atoms with E-state index in [1.165, 1.54) is 22.7 Å². The maximum atomic E-state index is 13.3. The Morgan fingerprint density at radius 2 is 1.22 bits per heavy atom. The molecule has 2 aliphatic rings. The molecule has 0 aliphatic carbocycles. The fourth-order valence-electron chi connectivity index (χ4n) is 4.23. The number of carbonyl (C=O) groups is 3. The number of hydrogen-bond acceptors (Lipinski definition) is 9. The van der Waals surface area contributed by atoms with Gasteiger partial charge in [0.15, 0.2) is 6.04 Å². The first-order valence-electron chi connectivity index (χ1n) is 12.5. The molecule has 200 valence electrons. The zero-order chi connectivity index (χ0) is 27.0. The summed E-state index contributed by atoms with van der Waals surface area (Å²) >= 11 is 2.66. The molecule has 6 bridgehead atoms. The molecule has 4 heterocycles. The minimum Gasteiger partial charge on any atom is -0.474 e.